The van der Waals surface area contributed by atoms with Crippen molar-refractivity contribution in [2.24, 2.45) is 11.1 Å². The first-order valence-electron chi connectivity index (χ1n) is 10.2. The molecule has 1 heterocycles. The normalized spacial score (nSPS) is 19.9. The average Bonchev–Trinajstić information content (AvgIpc) is 2.72. The Morgan fingerprint density at radius 1 is 1.18 bits per heavy atom. The van der Waals surface area contributed by atoms with Gasteiger partial charge in [-0.3, -0.25) is 19.8 Å². The number of allylic oxidation sites excluding steroid dienone is 3. The highest BCUT2D eigenvalue weighted by Crippen LogP contribution is 2.51. The topological polar surface area (TPSA) is 113 Å². The summed E-state index contributed by atoms with van der Waals surface area (Å²) in [5.41, 5.74) is 8.55. The molecule has 33 heavy (non-hydrogen) atoms. The molecule has 7 nitrogen and oxygen atoms in total. The van der Waals surface area contributed by atoms with Crippen LogP contribution < -0.4 is 10.6 Å². The first-order valence-corrected chi connectivity index (χ1v) is 10.9. The maximum atomic E-state index is 13.5. The number of hydrogen-bond donors (Lipinski definition) is 1. The number of nitrogens with two attached hydrogens (primary N) is 1. The number of non-ortho nitro benzene ring substituents is 1. The molecule has 0 spiro atoms. The van der Waals surface area contributed by atoms with Crippen LogP contribution >= 0.6 is 23.2 Å². The summed E-state index contributed by atoms with van der Waals surface area (Å²) < 4.78 is 0. The van der Waals surface area contributed by atoms with E-state index in [4.69, 9.17) is 28.9 Å². The number of halogens is 2. The molecule has 0 fully saturated rings. The van der Waals surface area contributed by atoms with E-state index in [9.17, 15) is 20.2 Å². The molecule has 0 unspecified atom stereocenters. The number of benzene rings is 2. The lowest BCUT2D eigenvalue weighted by Crippen LogP contribution is -2.42. The van der Waals surface area contributed by atoms with Crippen molar-refractivity contribution in [2.45, 2.75) is 32.6 Å². The highest BCUT2D eigenvalue weighted by molar-refractivity contribution is 6.35. The number of rotatable bonds is 3. The van der Waals surface area contributed by atoms with Crippen LogP contribution in [-0.2, 0) is 4.79 Å². The zero-order valence-corrected chi connectivity index (χ0v) is 19.4. The number of anilines is 1. The first-order chi connectivity index (χ1) is 15.5. The number of nitro groups is 1. The van der Waals surface area contributed by atoms with Crippen molar-refractivity contribution in [3.63, 3.8) is 0 Å². The van der Waals surface area contributed by atoms with Crippen LogP contribution in [-0.4, -0.2) is 10.7 Å². The molecular weight excluding hydrogens is 463 g/mol. The van der Waals surface area contributed by atoms with Crippen LogP contribution in [0.25, 0.3) is 0 Å². The summed E-state index contributed by atoms with van der Waals surface area (Å²) in [7, 11) is 0. The summed E-state index contributed by atoms with van der Waals surface area (Å²) in [6, 6.07) is 13.0. The van der Waals surface area contributed by atoms with Gasteiger partial charge < -0.3 is 5.73 Å². The van der Waals surface area contributed by atoms with Crippen LogP contribution in [0.4, 0.5) is 11.4 Å². The number of ketones is 1. The molecule has 0 amide bonds. The van der Waals surface area contributed by atoms with Gasteiger partial charge in [0.25, 0.3) is 5.69 Å². The zero-order chi connectivity index (χ0) is 24.1. The molecule has 0 bridgehead atoms. The van der Waals surface area contributed by atoms with Gasteiger partial charge in [0.15, 0.2) is 5.78 Å². The van der Waals surface area contributed by atoms with Crippen LogP contribution in [0.15, 0.2) is 65.1 Å². The fourth-order valence-electron chi connectivity index (χ4n) is 4.57. The minimum absolute atomic E-state index is 0.0705. The number of nitriles is 1. The molecule has 1 aliphatic heterocycles. The van der Waals surface area contributed by atoms with Gasteiger partial charge in [-0.1, -0.05) is 43.1 Å². The molecule has 1 atom stereocenters. The predicted molar refractivity (Wildman–Crippen MR) is 127 cm³/mol. The van der Waals surface area contributed by atoms with Gasteiger partial charge in [-0.25, -0.2) is 0 Å². The Bertz CT molecular complexity index is 1290. The Balaban J connectivity index is 1.98. The Morgan fingerprint density at radius 2 is 1.85 bits per heavy atom. The second-order valence-electron chi connectivity index (χ2n) is 8.92. The summed E-state index contributed by atoms with van der Waals surface area (Å²) in [5.74, 6) is -0.663. The molecule has 2 aromatic carbocycles. The van der Waals surface area contributed by atoms with E-state index in [-0.39, 0.29) is 28.3 Å². The molecule has 4 rings (SSSR count). The van der Waals surface area contributed by atoms with Crippen molar-refractivity contribution in [1.29, 1.82) is 5.26 Å². The van der Waals surface area contributed by atoms with Crippen molar-refractivity contribution in [1.82, 2.24) is 0 Å². The monoisotopic (exact) mass is 482 g/mol. The zero-order valence-electron chi connectivity index (χ0n) is 17.9. The molecule has 1 aliphatic carbocycles. The van der Waals surface area contributed by atoms with Gasteiger partial charge in [0.05, 0.1) is 22.5 Å². The summed E-state index contributed by atoms with van der Waals surface area (Å²) in [6.07, 6.45) is 0.826. The van der Waals surface area contributed by atoms with Crippen LogP contribution in [0.3, 0.4) is 0 Å². The van der Waals surface area contributed by atoms with Gasteiger partial charge in [-0.05, 0) is 41.7 Å². The third-order valence-electron chi connectivity index (χ3n) is 5.97. The van der Waals surface area contributed by atoms with Crippen LogP contribution in [0.1, 0.15) is 38.2 Å². The van der Waals surface area contributed by atoms with E-state index < -0.39 is 10.8 Å². The van der Waals surface area contributed by atoms with E-state index >= 15 is 0 Å². The Labute approximate surface area is 200 Å². The van der Waals surface area contributed by atoms with Gasteiger partial charge in [0.2, 0.25) is 0 Å². The molecule has 2 aliphatic rings. The van der Waals surface area contributed by atoms with Gasteiger partial charge in [0, 0.05) is 45.6 Å². The van der Waals surface area contributed by atoms with E-state index in [1.165, 1.54) is 12.1 Å². The van der Waals surface area contributed by atoms with Crippen molar-refractivity contribution in [3.8, 4) is 6.07 Å². The van der Waals surface area contributed by atoms with Crippen molar-refractivity contribution in [2.75, 3.05) is 4.90 Å². The molecule has 2 N–H and O–H groups in total. The fourth-order valence-corrected chi connectivity index (χ4v) is 5.09. The number of hydrogen-bond acceptors (Lipinski definition) is 6. The number of Topliss-reactive ketones (excluding diaryl/α,β-unsaturated/α-hetero) is 1. The lowest BCUT2D eigenvalue weighted by molar-refractivity contribution is -0.384. The lowest BCUT2D eigenvalue weighted by Gasteiger charge is -2.43. The molecular formula is C24H20Cl2N4O3. The van der Waals surface area contributed by atoms with Crippen molar-refractivity contribution < 1.29 is 9.72 Å². The van der Waals surface area contributed by atoms with Gasteiger partial charge in [-0.2, -0.15) is 5.26 Å². The third kappa shape index (κ3) is 3.97. The molecule has 0 aromatic heterocycles. The largest absolute Gasteiger partial charge is 0.384 e. The van der Waals surface area contributed by atoms with Gasteiger partial charge >= 0.3 is 0 Å². The maximum absolute atomic E-state index is 13.5. The molecule has 168 valence electrons. The second-order valence-corrected chi connectivity index (χ2v) is 9.76. The Morgan fingerprint density at radius 3 is 2.42 bits per heavy atom. The second kappa shape index (κ2) is 8.22. The maximum Gasteiger partial charge on any atom is 0.269 e. The smallest absolute Gasteiger partial charge is 0.269 e. The minimum Gasteiger partial charge on any atom is -0.384 e. The van der Waals surface area contributed by atoms with E-state index in [1.807, 2.05) is 13.8 Å². The van der Waals surface area contributed by atoms with E-state index in [1.54, 1.807) is 35.2 Å². The predicted octanol–water partition coefficient (Wildman–Crippen LogP) is 5.84. The number of nitro benzene ring substituents is 1. The van der Waals surface area contributed by atoms with Gasteiger partial charge in [-0.15, -0.1) is 0 Å². The highest BCUT2D eigenvalue weighted by Gasteiger charge is 2.45. The van der Waals surface area contributed by atoms with Crippen molar-refractivity contribution in [3.05, 3.63) is 90.9 Å². The van der Waals surface area contributed by atoms with Crippen LogP contribution in [0.2, 0.25) is 10.0 Å². The molecule has 0 saturated heterocycles. The molecule has 2 aromatic rings. The van der Waals surface area contributed by atoms with Crippen LogP contribution in [0, 0.1) is 26.9 Å². The summed E-state index contributed by atoms with van der Waals surface area (Å²) in [6.45, 7) is 3.99. The summed E-state index contributed by atoms with van der Waals surface area (Å²) >= 11 is 12.6. The average molecular weight is 483 g/mol. The first kappa shape index (κ1) is 22.8. The standard InChI is InChI=1S/C24H20Cl2N4O3/c1-24(2)10-19-22(20(31)11-24)21(16-8-3-13(25)9-18(16)26)17(12-27)23(28)29(19)14-4-6-15(7-5-14)30(32)33/h3-9,21H,10-11,28H2,1-2H3/t21-/m1/s1. The quantitative estimate of drug-likeness (QED) is 0.433. The fraction of sp³-hybridized carbons (Fsp3) is 0.250. The molecule has 9 heteroatoms. The van der Waals surface area contributed by atoms with E-state index in [2.05, 4.69) is 6.07 Å². The number of carbonyl (C=O) groups is 1. The minimum atomic E-state index is -0.729. The Kier molecular flexibility index (Phi) is 5.69. The third-order valence-corrected chi connectivity index (χ3v) is 6.54. The van der Waals surface area contributed by atoms with E-state index in [0.29, 0.717) is 45.4 Å². The summed E-state index contributed by atoms with van der Waals surface area (Å²) in [4.78, 5) is 25.8. The molecule has 0 radical (unpaired) electrons. The molecule has 0 saturated carbocycles. The number of carbonyl (C=O) groups excluding carboxylic acids is 1. The lowest BCUT2D eigenvalue weighted by atomic mass is 9.68. The van der Waals surface area contributed by atoms with Gasteiger partial charge in [0.1, 0.15) is 5.82 Å². The summed E-state index contributed by atoms with van der Waals surface area (Å²) in [5, 5.41) is 22.0. The van der Waals surface area contributed by atoms with E-state index in [0.717, 1.165) is 0 Å². The SMILES string of the molecule is CC1(C)CC(=O)C2=C(C1)N(c1ccc([N+](=O)[O-])cc1)C(N)=C(C#N)[C@H]2c1ccc(Cl)cc1Cl. The highest BCUT2D eigenvalue weighted by atomic mass is 35.5. The number of nitrogens with zero attached hydrogens (tertiary/aromatic N) is 3. The van der Waals surface area contributed by atoms with Crippen molar-refractivity contribution >= 4 is 40.4 Å². The van der Waals surface area contributed by atoms with Crippen LogP contribution in [0.5, 0.6) is 0 Å². The Hall–Kier alpha value is -3.34.